The first kappa shape index (κ1) is 15.1. The lowest BCUT2D eigenvalue weighted by Gasteiger charge is -2.18. The van der Waals surface area contributed by atoms with Crippen molar-refractivity contribution in [2.75, 3.05) is 12.8 Å². The molecule has 0 amide bonds. The number of nitrogens with zero attached hydrogens (tertiary/aromatic N) is 1. The lowest BCUT2D eigenvalue weighted by Crippen LogP contribution is -2.29. The zero-order chi connectivity index (χ0) is 14.5. The minimum atomic E-state index is -1.30. The number of nitro groups is 1. The van der Waals surface area contributed by atoms with Crippen LogP contribution in [0.2, 0.25) is 0 Å². The maximum absolute atomic E-state index is 12.3. The monoisotopic (exact) mass is 296 g/mol. The molecule has 1 N–H and O–H groups in total. The van der Waals surface area contributed by atoms with Crippen molar-refractivity contribution < 1.29 is 9.13 Å². The first-order valence-electron chi connectivity index (χ1n) is 6.92. The number of para-hydroxylation sites is 1. The molecule has 3 unspecified atom stereocenters. The quantitative estimate of drug-likeness (QED) is 0.646. The molecule has 0 radical (unpaired) electrons. The molecular weight excluding hydrogens is 276 g/mol. The number of benzene rings is 1. The lowest BCUT2D eigenvalue weighted by atomic mass is 10.0. The van der Waals surface area contributed by atoms with Crippen LogP contribution in [0.4, 0.5) is 5.69 Å². The Hall–Kier alpha value is -1.27. The summed E-state index contributed by atoms with van der Waals surface area (Å²) in [6.45, 7) is 0. The molecule has 0 heterocycles. The van der Waals surface area contributed by atoms with E-state index < -0.39 is 15.7 Å². The zero-order valence-electron chi connectivity index (χ0n) is 11.6. The van der Waals surface area contributed by atoms with Gasteiger partial charge in [-0.15, -0.1) is 0 Å². The Morgan fingerprint density at radius 1 is 1.40 bits per heavy atom. The van der Waals surface area contributed by atoms with E-state index in [1.165, 1.54) is 18.9 Å². The average Bonchev–Trinajstić information content (AvgIpc) is 2.92. The summed E-state index contributed by atoms with van der Waals surface area (Å²) in [5.74, 6) is 1.03. The highest BCUT2D eigenvalue weighted by Gasteiger charge is 2.27. The molecule has 1 fully saturated rings. The number of hydrogen-bond acceptors (Lipinski definition) is 4. The van der Waals surface area contributed by atoms with Gasteiger partial charge >= 0.3 is 0 Å². The fourth-order valence-corrected chi connectivity index (χ4v) is 4.27. The van der Waals surface area contributed by atoms with E-state index in [0.29, 0.717) is 22.6 Å². The molecule has 0 spiro atoms. The predicted octanol–water partition coefficient (Wildman–Crippen LogP) is 2.48. The average molecular weight is 296 g/mol. The molecule has 0 saturated heterocycles. The molecule has 1 aromatic rings. The highest BCUT2D eigenvalue weighted by atomic mass is 32.2. The van der Waals surface area contributed by atoms with Crippen molar-refractivity contribution in [3.63, 3.8) is 0 Å². The third-order valence-corrected chi connectivity index (χ3v) is 5.45. The van der Waals surface area contributed by atoms with Crippen molar-refractivity contribution in [1.82, 2.24) is 5.32 Å². The largest absolute Gasteiger partial charge is 0.317 e. The summed E-state index contributed by atoms with van der Waals surface area (Å²) in [6, 6.07) is 6.81. The van der Waals surface area contributed by atoms with Gasteiger partial charge in [-0.25, -0.2) is 0 Å². The second-order valence-corrected chi connectivity index (χ2v) is 6.69. The second-order valence-electron chi connectivity index (χ2n) is 5.15. The van der Waals surface area contributed by atoms with Gasteiger partial charge in [0.15, 0.2) is 0 Å². The normalized spacial score (nSPS) is 23.6. The molecule has 2 rings (SSSR count). The summed E-state index contributed by atoms with van der Waals surface area (Å²) >= 11 is 0. The molecular formula is C14H20N2O3S. The fraction of sp³-hybridized carbons (Fsp3) is 0.571. The van der Waals surface area contributed by atoms with Gasteiger partial charge in [0.05, 0.1) is 15.7 Å². The van der Waals surface area contributed by atoms with Crippen LogP contribution in [-0.2, 0) is 10.8 Å². The summed E-state index contributed by atoms with van der Waals surface area (Å²) in [5.41, 5.74) is -0.0394. The highest BCUT2D eigenvalue weighted by molar-refractivity contribution is 7.85. The first-order valence-corrected chi connectivity index (χ1v) is 8.24. The van der Waals surface area contributed by atoms with Crippen molar-refractivity contribution in [3.8, 4) is 0 Å². The van der Waals surface area contributed by atoms with Gasteiger partial charge < -0.3 is 5.32 Å². The molecule has 6 heteroatoms. The topological polar surface area (TPSA) is 72.2 Å². The van der Waals surface area contributed by atoms with Crippen LogP contribution in [0.15, 0.2) is 29.2 Å². The smallest absolute Gasteiger partial charge is 0.285 e. The Labute approximate surface area is 121 Å². The summed E-state index contributed by atoms with van der Waals surface area (Å²) in [7, 11) is 0.662. The number of hydrogen-bond donors (Lipinski definition) is 1. The molecule has 0 bridgehead atoms. The van der Waals surface area contributed by atoms with E-state index in [1.54, 1.807) is 18.2 Å². The number of rotatable bonds is 6. The maximum Gasteiger partial charge on any atom is 0.285 e. The molecule has 110 valence electrons. The van der Waals surface area contributed by atoms with E-state index in [4.69, 9.17) is 0 Å². The third kappa shape index (κ3) is 3.43. The highest BCUT2D eigenvalue weighted by Crippen LogP contribution is 2.29. The minimum absolute atomic E-state index is 0.0394. The van der Waals surface area contributed by atoms with E-state index in [9.17, 15) is 14.3 Å². The Morgan fingerprint density at radius 3 is 2.85 bits per heavy atom. The summed E-state index contributed by atoms with van der Waals surface area (Å²) in [4.78, 5) is 10.8. The van der Waals surface area contributed by atoms with Gasteiger partial charge in [0.2, 0.25) is 0 Å². The summed E-state index contributed by atoms with van der Waals surface area (Å²) < 4.78 is 12.3. The molecule has 1 aromatic carbocycles. The van der Waals surface area contributed by atoms with Gasteiger partial charge in [0, 0.05) is 17.9 Å². The summed E-state index contributed by atoms with van der Waals surface area (Å²) in [5, 5.41) is 14.2. The van der Waals surface area contributed by atoms with E-state index in [0.717, 1.165) is 12.8 Å². The van der Waals surface area contributed by atoms with Crippen molar-refractivity contribution >= 4 is 16.5 Å². The van der Waals surface area contributed by atoms with E-state index in [-0.39, 0.29) is 5.69 Å². The Morgan fingerprint density at radius 2 is 2.15 bits per heavy atom. The van der Waals surface area contributed by atoms with Gasteiger partial charge in [-0.2, -0.15) is 0 Å². The molecule has 1 aliphatic carbocycles. The van der Waals surface area contributed by atoms with Gasteiger partial charge in [-0.1, -0.05) is 18.6 Å². The van der Waals surface area contributed by atoms with Gasteiger partial charge in [0.25, 0.3) is 5.69 Å². The van der Waals surface area contributed by atoms with Crippen LogP contribution >= 0.6 is 0 Å². The second kappa shape index (κ2) is 6.95. The molecule has 20 heavy (non-hydrogen) atoms. The van der Waals surface area contributed by atoms with Gasteiger partial charge in [-0.05, 0) is 38.3 Å². The molecule has 1 aliphatic rings. The van der Waals surface area contributed by atoms with Crippen LogP contribution in [0.5, 0.6) is 0 Å². The Balaban J connectivity index is 2.00. The van der Waals surface area contributed by atoms with Crippen molar-refractivity contribution in [2.45, 2.75) is 36.6 Å². The van der Waals surface area contributed by atoms with Crippen molar-refractivity contribution in [1.29, 1.82) is 0 Å². The Bertz CT molecular complexity index is 507. The summed E-state index contributed by atoms with van der Waals surface area (Å²) in [6.07, 6.45) is 4.37. The lowest BCUT2D eigenvalue weighted by molar-refractivity contribution is -0.387. The van der Waals surface area contributed by atoms with Crippen LogP contribution in [0.3, 0.4) is 0 Å². The predicted molar refractivity (Wildman–Crippen MR) is 79.2 cm³/mol. The molecule has 0 aromatic heterocycles. The van der Waals surface area contributed by atoms with Crippen LogP contribution in [0.25, 0.3) is 0 Å². The van der Waals surface area contributed by atoms with Gasteiger partial charge in [0.1, 0.15) is 4.90 Å². The number of nitro benzene ring substituents is 1. The van der Waals surface area contributed by atoms with Crippen molar-refractivity contribution in [2.24, 2.45) is 5.92 Å². The minimum Gasteiger partial charge on any atom is -0.317 e. The third-order valence-electron chi connectivity index (χ3n) is 4.01. The first-order chi connectivity index (χ1) is 9.63. The van der Waals surface area contributed by atoms with Crippen LogP contribution < -0.4 is 5.32 Å². The standard InChI is InChI=1S/C14H20N2O3S/c1-15-12-6-4-5-11(12)9-10-20(19)14-8-3-2-7-13(14)16(17)18/h2-3,7-8,11-12,15H,4-6,9-10H2,1H3. The van der Waals surface area contributed by atoms with Crippen LogP contribution in [0.1, 0.15) is 25.7 Å². The van der Waals surface area contributed by atoms with E-state index in [2.05, 4.69) is 5.32 Å². The van der Waals surface area contributed by atoms with E-state index in [1.807, 2.05) is 7.05 Å². The van der Waals surface area contributed by atoms with Crippen LogP contribution in [-0.4, -0.2) is 28.0 Å². The van der Waals surface area contributed by atoms with Crippen molar-refractivity contribution in [3.05, 3.63) is 34.4 Å². The molecule has 1 saturated carbocycles. The fourth-order valence-electron chi connectivity index (χ4n) is 2.93. The molecule has 0 aliphatic heterocycles. The van der Waals surface area contributed by atoms with Gasteiger partial charge in [-0.3, -0.25) is 14.3 Å². The molecule has 3 atom stereocenters. The van der Waals surface area contributed by atoms with Crippen LogP contribution in [0, 0.1) is 16.0 Å². The zero-order valence-corrected chi connectivity index (χ0v) is 12.4. The Kier molecular flexibility index (Phi) is 5.25. The SMILES string of the molecule is CNC1CCCC1CCS(=O)c1ccccc1[N+](=O)[O-]. The maximum atomic E-state index is 12.3. The number of nitrogens with one attached hydrogen (secondary N) is 1. The van der Waals surface area contributed by atoms with E-state index >= 15 is 0 Å². The molecule has 5 nitrogen and oxygen atoms in total.